The summed E-state index contributed by atoms with van der Waals surface area (Å²) in [4.78, 5) is 23.8. The zero-order valence-electron chi connectivity index (χ0n) is 14.7. The topological polar surface area (TPSA) is 77.8 Å². The molecule has 1 aromatic heterocycles. The average Bonchev–Trinajstić information content (AvgIpc) is 3.06. The van der Waals surface area contributed by atoms with Gasteiger partial charge in [0.05, 0.1) is 6.54 Å². The molecule has 27 heavy (non-hydrogen) atoms. The number of nitrogens with one attached hydrogen (secondary N) is 1. The van der Waals surface area contributed by atoms with Crippen molar-refractivity contribution in [1.82, 2.24) is 5.32 Å². The summed E-state index contributed by atoms with van der Waals surface area (Å²) in [6, 6.07) is 14.1. The molecule has 3 aromatic rings. The van der Waals surface area contributed by atoms with Gasteiger partial charge in [0, 0.05) is 10.4 Å². The fraction of sp³-hybridized carbons (Fsp3) is 0.200. The molecule has 0 bridgehead atoms. The van der Waals surface area contributed by atoms with Crippen molar-refractivity contribution in [1.29, 1.82) is 0 Å². The van der Waals surface area contributed by atoms with Gasteiger partial charge in [-0.15, -0.1) is 0 Å². The van der Waals surface area contributed by atoms with Crippen LogP contribution in [0.5, 0.6) is 5.75 Å². The lowest BCUT2D eigenvalue weighted by molar-refractivity contribution is -0.124. The Kier molecular flexibility index (Phi) is 5.98. The van der Waals surface area contributed by atoms with Gasteiger partial charge in [0.1, 0.15) is 17.9 Å². The largest absolute Gasteiger partial charge is 0.492 e. The molecule has 0 aliphatic heterocycles. The number of hydrogen-bond donors (Lipinski definition) is 1. The number of carbonyl (C=O) groups is 2. The van der Waals surface area contributed by atoms with E-state index >= 15 is 0 Å². The van der Waals surface area contributed by atoms with E-state index in [0.717, 1.165) is 11.3 Å². The minimum Gasteiger partial charge on any atom is -0.492 e. The Labute approximate surface area is 161 Å². The average molecular weight is 388 g/mol. The van der Waals surface area contributed by atoms with Gasteiger partial charge in [0.25, 0.3) is 5.91 Å². The van der Waals surface area contributed by atoms with Gasteiger partial charge in [-0.05, 0) is 48.9 Å². The smallest absolute Gasteiger partial charge is 0.374 e. The van der Waals surface area contributed by atoms with E-state index in [9.17, 15) is 9.59 Å². The van der Waals surface area contributed by atoms with Crippen LogP contribution in [0.1, 0.15) is 16.1 Å². The Morgan fingerprint density at radius 1 is 1.15 bits per heavy atom. The van der Waals surface area contributed by atoms with Crippen molar-refractivity contribution in [2.45, 2.75) is 6.92 Å². The maximum atomic E-state index is 12.0. The summed E-state index contributed by atoms with van der Waals surface area (Å²) in [6.45, 7) is 2.18. The van der Waals surface area contributed by atoms with Gasteiger partial charge < -0.3 is 19.2 Å². The normalized spacial score (nSPS) is 10.6. The molecule has 0 spiro atoms. The van der Waals surface area contributed by atoms with Crippen molar-refractivity contribution in [3.05, 3.63) is 64.9 Å². The molecule has 3 rings (SSSR count). The lowest BCUT2D eigenvalue weighted by atomic mass is 10.2. The number of benzene rings is 2. The Bertz CT molecular complexity index is 966. The molecule has 0 fully saturated rings. The van der Waals surface area contributed by atoms with Crippen molar-refractivity contribution >= 4 is 34.4 Å². The van der Waals surface area contributed by atoms with Crippen LogP contribution in [0.25, 0.3) is 11.0 Å². The van der Waals surface area contributed by atoms with Crippen molar-refractivity contribution in [3.8, 4) is 5.75 Å². The van der Waals surface area contributed by atoms with Crippen LogP contribution in [0.2, 0.25) is 5.02 Å². The van der Waals surface area contributed by atoms with E-state index in [1.54, 1.807) is 18.2 Å². The number of fused-ring (bicyclic) bond motifs is 1. The Hall–Kier alpha value is -2.99. The van der Waals surface area contributed by atoms with E-state index < -0.39 is 18.5 Å². The van der Waals surface area contributed by atoms with Crippen LogP contribution in [0.4, 0.5) is 0 Å². The predicted molar refractivity (Wildman–Crippen MR) is 101 cm³/mol. The number of halogens is 1. The van der Waals surface area contributed by atoms with Crippen LogP contribution in [-0.2, 0) is 9.53 Å². The zero-order valence-corrected chi connectivity index (χ0v) is 15.4. The maximum absolute atomic E-state index is 12.0. The Balaban J connectivity index is 1.41. The number of hydrogen-bond acceptors (Lipinski definition) is 5. The maximum Gasteiger partial charge on any atom is 0.374 e. The molecule has 1 amide bonds. The van der Waals surface area contributed by atoms with E-state index in [4.69, 9.17) is 25.5 Å². The van der Waals surface area contributed by atoms with Crippen LogP contribution in [-0.4, -0.2) is 31.6 Å². The van der Waals surface area contributed by atoms with E-state index in [-0.39, 0.29) is 5.76 Å². The van der Waals surface area contributed by atoms with E-state index in [1.807, 2.05) is 31.2 Å². The van der Waals surface area contributed by atoms with E-state index in [2.05, 4.69) is 5.32 Å². The molecule has 140 valence electrons. The first-order valence-electron chi connectivity index (χ1n) is 8.33. The summed E-state index contributed by atoms with van der Waals surface area (Å²) in [5, 5.41) is 3.84. The molecule has 6 nitrogen and oxygen atoms in total. The van der Waals surface area contributed by atoms with Crippen LogP contribution >= 0.6 is 11.6 Å². The molecular weight excluding hydrogens is 370 g/mol. The highest BCUT2D eigenvalue weighted by atomic mass is 35.5. The predicted octanol–water partition coefficient (Wildman–Crippen LogP) is 3.75. The molecule has 0 atom stereocenters. The van der Waals surface area contributed by atoms with E-state index in [0.29, 0.717) is 29.1 Å². The molecule has 1 heterocycles. The van der Waals surface area contributed by atoms with Crippen molar-refractivity contribution in [2.75, 3.05) is 19.8 Å². The van der Waals surface area contributed by atoms with Gasteiger partial charge in [0.15, 0.2) is 6.61 Å². The molecular formula is C20H18ClNO5. The molecule has 0 aliphatic carbocycles. The second-order valence-electron chi connectivity index (χ2n) is 5.88. The number of amides is 1. The third kappa shape index (κ3) is 5.24. The lowest BCUT2D eigenvalue weighted by Gasteiger charge is -2.08. The highest BCUT2D eigenvalue weighted by Gasteiger charge is 2.15. The first-order chi connectivity index (χ1) is 13.0. The zero-order chi connectivity index (χ0) is 19.2. The van der Waals surface area contributed by atoms with Gasteiger partial charge in [-0.2, -0.15) is 0 Å². The molecule has 0 saturated carbocycles. The molecule has 1 N–H and O–H groups in total. The number of carbonyl (C=O) groups excluding carboxylic acids is 2. The molecule has 0 unspecified atom stereocenters. The number of aryl methyl sites for hydroxylation is 1. The van der Waals surface area contributed by atoms with Gasteiger partial charge in [-0.1, -0.05) is 23.7 Å². The quantitative estimate of drug-likeness (QED) is 0.493. The highest BCUT2D eigenvalue weighted by Crippen LogP contribution is 2.23. The van der Waals surface area contributed by atoms with Gasteiger partial charge in [0.2, 0.25) is 5.76 Å². The second kappa shape index (κ2) is 8.60. The fourth-order valence-corrected chi connectivity index (χ4v) is 2.61. The third-order valence-electron chi connectivity index (χ3n) is 3.70. The Morgan fingerprint density at radius 2 is 2.00 bits per heavy atom. The molecule has 0 aliphatic rings. The Morgan fingerprint density at radius 3 is 2.81 bits per heavy atom. The van der Waals surface area contributed by atoms with Crippen molar-refractivity contribution < 1.29 is 23.5 Å². The van der Waals surface area contributed by atoms with Gasteiger partial charge in [-0.3, -0.25) is 4.79 Å². The first kappa shape index (κ1) is 18.8. The van der Waals surface area contributed by atoms with Crippen molar-refractivity contribution in [2.24, 2.45) is 0 Å². The first-order valence-corrected chi connectivity index (χ1v) is 8.71. The van der Waals surface area contributed by atoms with Crippen LogP contribution < -0.4 is 10.1 Å². The monoisotopic (exact) mass is 387 g/mol. The molecule has 0 saturated heterocycles. The highest BCUT2D eigenvalue weighted by molar-refractivity contribution is 6.31. The van der Waals surface area contributed by atoms with E-state index in [1.165, 1.54) is 6.07 Å². The summed E-state index contributed by atoms with van der Waals surface area (Å²) in [5.74, 6) is -0.382. The number of ether oxygens (including phenoxy) is 2. The fourth-order valence-electron chi connectivity index (χ4n) is 2.43. The third-order valence-corrected chi connectivity index (χ3v) is 3.93. The SMILES string of the molecule is Cc1cccc(OCCNC(=O)COC(=O)c2cc3cc(Cl)ccc3o2)c1. The van der Waals surface area contributed by atoms with Crippen LogP contribution in [0.3, 0.4) is 0 Å². The van der Waals surface area contributed by atoms with Crippen LogP contribution in [0.15, 0.2) is 52.9 Å². The summed E-state index contributed by atoms with van der Waals surface area (Å²) in [7, 11) is 0. The van der Waals surface area contributed by atoms with Crippen molar-refractivity contribution in [3.63, 3.8) is 0 Å². The number of esters is 1. The molecule has 0 radical (unpaired) electrons. The summed E-state index contributed by atoms with van der Waals surface area (Å²) in [5.41, 5.74) is 1.61. The number of rotatable bonds is 7. The number of furan rings is 1. The van der Waals surface area contributed by atoms with Gasteiger partial charge in [-0.25, -0.2) is 4.79 Å². The molecule has 2 aromatic carbocycles. The molecule has 7 heteroatoms. The summed E-state index contributed by atoms with van der Waals surface area (Å²) >= 11 is 5.90. The lowest BCUT2D eigenvalue weighted by Crippen LogP contribution is -2.32. The minimum atomic E-state index is -0.714. The standard InChI is InChI=1S/C20H18ClNO5/c1-13-3-2-4-16(9-13)25-8-7-22-19(23)12-26-20(24)18-11-14-10-15(21)5-6-17(14)27-18/h2-6,9-11H,7-8,12H2,1H3,(H,22,23). The summed E-state index contributed by atoms with van der Waals surface area (Å²) < 4.78 is 15.9. The second-order valence-corrected chi connectivity index (χ2v) is 6.32. The van der Waals surface area contributed by atoms with Gasteiger partial charge >= 0.3 is 5.97 Å². The van der Waals surface area contributed by atoms with Crippen LogP contribution in [0, 0.1) is 6.92 Å². The minimum absolute atomic E-state index is 0.0165. The summed E-state index contributed by atoms with van der Waals surface area (Å²) in [6.07, 6.45) is 0.